The molecule has 0 aliphatic carbocycles. The first kappa shape index (κ1) is 38.2. The van der Waals surface area contributed by atoms with Crippen molar-refractivity contribution in [3.63, 3.8) is 0 Å². The molecule has 4 aromatic rings. The molecule has 2 aromatic heterocycles. The molecule has 0 radical (unpaired) electrons. The van der Waals surface area contributed by atoms with Crippen LogP contribution in [0.3, 0.4) is 0 Å². The summed E-state index contributed by atoms with van der Waals surface area (Å²) in [5, 5.41) is 0. The van der Waals surface area contributed by atoms with Gasteiger partial charge in [-0.3, -0.25) is 28.5 Å². The molecule has 0 unspecified atom stereocenters. The molecule has 18 nitrogen and oxygen atoms in total. The first-order valence-electron chi connectivity index (χ1n) is 15.7. The van der Waals surface area contributed by atoms with Crippen molar-refractivity contribution in [2.24, 2.45) is 5.73 Å². The van der Waals surface area contributed by atoms with E-state index in [0.29, 0.717) is 16.5 Å². The van der Waals surface area contributed by atoms with E-state index in [-0.39, 0.29) is 21.6 Å². The lowest BCUT2D eigenvalue weighted by atomic mass is 10.1. The van der Waals surface area contributed by atoms with Crippen LogP contribution in [-0.2, 0) is 23.8 Å². The van der Waals surface area contributed by atoms with E-state index in [1.165, 1.54) is 44.4 Å². The number of methoxy groups -OCH3 is 1. The van der Waals surface area contributed by atoms with E-state index < -0.39 is 94.3 Å². The summed E-state index contributed by atoms with van der Waals surface area (Å²) in [6.07, 6.45) is -4.97. The molecular weight excluding hydrogens is 719 g/mol. The topological polar surface area (TPSA) is 241 Å². The van der Waals surface area contributed by atoms with Crippen molar-refractivity contribution in [1.29, 1.82) is 0 Å². The van der Waals surface area contributed by atoms with Crippen LogP contribution in [0.1, 0.15) is 68.4 Å². The molecule has 0 bridgehead atoms. The third-order valence-corrected chi connectivity index (χ3v) is 7.73. The van der Waals surface area contributed by atoms with Gasteiger partial charge in [-0.05, 0) is 55.5 Å². The number of pyridine rings is 1. The molecule has 4 atom stereocenters. The van der Waals surface area contributed by atoms with Crippen LogP contribution >= 0.6 is 0 Å². The number of primary amides is 1. The van der Waals surface area contributed by atoms with E-state index in [4.69, 9.17) is 34.2 Å². The van der Waals surface area contributed by atoms with Crippen molar-refractivity contribution < 1.29 is 61.6 Å². The third-order valence-electron chi connectivity index (χ3n) is 7.73. The zero-order valence-electron chi connectivity index (χ0n) is 28.7. The van der Waals surface area contributed by atoms with Crippen LogP contribution in [-0.4, -0.2) is 75.2 Å². The summed E-state index contributed by atoms with van der Waals surface area (Å²) < 4.78 is 47.2. The molecule has 1 amide bonds. The summed E-state index contributed by atoms with van der Waals surface area (Å²) in [5.74, 6) is -8.38. The van der Waals surface area contributed by atoms with Crippen molar-refractivity contribution in [3.8, 4) is 17.5 Å². The van der Waals surface area contributed by atoms with Crippen molar-refractivity contribution in [2.45, 2.75) is 45.3 Å². The van der Waals surface area contributed by atoms with Crippen LogP contribution < -0.4 is 31.2 Å². The standard InChI is InChI=1S/C35H29FN4O14/c1-16-26(51-17(2)41)27(52-18(3)42)32(50-16)39-15-24(36)31(45)40(35(39)48)30(44)20-6-5-7-21(14-20)34(47)54-29-23(28(37)43)12-13-25(38-29)53-33(46)19-8-10-22(49-4)11-9-19/h5-16,26-27,32H,1-4H3,(H2,37,43)/t16-,26-,27-,32-/m1/s1. The molecule has 0 saturated carbocycles. The average Bonchev–Trinajstić information content (AvgIpc) is 3.42. The number of nitrogens with zero attached hydrogens (tertiary/aromatic N) is 3. The molecule has 1 fully saturated rings. The van der Waals surface area contributed by atoms with Crippen molar-refractivity contribution in [2.75, 3.05) is 7.11 Å². The van der Waals surface area contributed by atoms with Gasteiger partial charge >= 0.3 is 29.6 Å². The number of benzene rings is 2. The average molecular weight is 749 g/mol. The predicted molar refractivity (Wildman–Crippen MR) is 177 cm³/mol. The Morgan fingerprint density at radius 3 is 2.09 bits per heavy atom. The quantitative estimate of drug-likeness (QED) is 0.226. The van der Waals surface area contributed by atoms with Crippen molar-refractivity contribution in [1.82, 2.24) is 14.1 Å². The Morgan fingerprint density at radius 2 is 1.46 bits per heavy atom. The predicted octanol–water partition coefficient (Wildman–Crippen LogP) is 1.56. The van der Waals surface area contributed by atoms with Gasteiger partial charge in [-0.25, -0.2) is 14.4 Å². The maximum absolute atomic E-state index is 15.1. The molecule has 1 aliphatic rings. The molecule has 2 N–H and O–H groups in total. The number of amides is 1. The first-order valence-corrected chi connectivity index (χ1v) is 15.7. The summed E-state index contributed by atoms with van der Waals surface area (Å²) in [4.78, 5) is 106. The second-order valence-electron chi connectivity index (χ2n) is 11.4. The molecule has 280 valence electrons. The molecular formula is C35H29FN4O14. The van der Waals surface area contributed by atoms with Crippen LogP contribution in [0.4, 0.5) is 4.39 Å². The number of aromatic nitrogens is 3. The van der Waals surface area contributed by atoms with E-state index in [0.717, 1.165) is 44.2 Å². The molecule has 54 heavy (non-hydrogen) atoms. The Kier molecular flexibility index (Phi) is 11.1. The molecule has 19 heteroatoms. The van der Waals surface area contributed by atoms with Gasteiger partial charge in [0.05, 0.1) is 30.5 Å². The van der Waals surface area contributed by atoms with Crippen LogP contribution in [0.25, 0.3) is 0 Å². The third kappa shape index (κ3) is 8.05. The lowest BCUT2D eigenvalue weighted by Gasteiger charge is -2.24. The number of carbonyl (C=O) groups excluding carboxylic acids is 6. The van der Waals surface area contributed by atoms with Gasteiger partial charge in [-0.2, -0.15) is 13.9 Å². The number of halogens is 1. The highest BCUT2D eigenvalue weighted by molar-refractivity contribution is 6.00. The Hall–Kier alpha value is -7.02. The number of hydrogen-bond donors (Lipinski definition) is 1. The summed E-state index contributed by atoms with van der Waals surface area (Å²) in [5.41, 5.74) is 1.16. The minimum Gasteiger partial charge on any atom is -0.497 e. The monoisotopic (exact) mass is 748 g/mol. The van der Waals surface area contributed by atoms with E-state index >= 15 is 4.39 Å². The van der Waals surface area contributed by atoms with Gasteiger partial charge in [0.1, 0.15) is 11.3 Å². The lowest BCUT2D eigenvalue weighted by Crippen LogP contribution is -2.48. The second kappa shape index (κ2) is 15.7. The van der Waals surface area contributed by atoms with E-state index in [1.807, 2.05) is 0 Å². The fraction of sp³-hybridized carbons (Fsp3) is 0.229. The molecule has 2 aromatic carbocycles. The molecule has 3 heterocycles. The zero-order valence-corrected chi connectivity index (χ0v) is 28.7. The molecule has 5 rings (SSSR count). The largest absolute Gasteiger partial charge is 0.497 e. The molecule has 1 saturated heterocycles. The Morgan fingerprint density at radius 1 is 0.833 bits per heavy atom. The SMILES string of the molecule is COc1ccc(C(=O)Oc2ccc(C(N)=O)c(OC(=O)c3cccc(C(=O)n4c(=O)c(F)cn([C@@H]5O[C@H](C)[C@@H](OC(C)=O)[C@H]5OC(C)=O)c4=O)c3)n2)cc1. The highest BCUT2D eigenvalue weighted by Gasteiger charge is 2.49. The normalized spacial score (nSPS) is 17.6. The number of ether oxygens (including phenoxy) is 6. The highest BCUT2D eigenvalue weighted by atomic mass is 19.1. The van der Waals surface area contributed by atoms with Crippen molar-refractivity contribution in [3.05, 3.63) is 116 Å². The number of rotatable bonds is 10. The zero-order chi connectivity index (χ0) is 39.4. The van der Waals surface area contributed by atoms with E-state index in [1.54, 1.807) is 0 Å². The highest BCUT2D eigenvalue weighted by Crippen LogP contribution is 2.33. The van der Waals surface area contributed by atoms with Crippen LogP contribution in [0.2, 0.25) is 0 Å². The number of hydrogen-bond acceptors (Lipinski definition) is 15. The Labute approximate surface area is 302 Å². The Balaban J connectivity index is 1.44. The Bertz CT molecular complexity index is 2300. The smallest absolute Gasteiger partial charge is 0.344 e. The van der Waals surface area contributed by atoms with Crippen molar-refractivity contribution >= 4 is 35.7 Å². The summed E-state index contributed by atoms with van der Waals surface area (Å²) >= 11 is 0. The van der Waals surface area contributed by atoms with Crippen LogP contribution in [0, 0.1) is 5.82 Å². The van der Waals surface area contributed by atoms with Gasteiger partial charge in [0.2, 0.25) is 17.6 Å². The van der Waals surface area contributed by atoms with Gasteiger partial charge in [-0.1, -0.05) is 6.07 Å². The number of carbonyl (C=O) groups is 6. The maximum atomic E-state index is 15.1. The number of esters is 4. The van der Waals surface area contributed by atoms with Gasteiger partial charge < -0.3 is 34.2 Å². The minimum absolute atomic E-state index is 0.0782. The van der Waals surface area contributed by atoms with Gasteiger partial charge in [-0.15, -0.1) is 0 Å². The second-order valence-corrected chi connectivity index (χ2v) is 11.4. The van der Waals surface area contributed by atoms with Gasteiger partial charge in [0.15, 0.2) is 18.4 Å². The van der Waals surface area contributed by atoms with Crippen LogP contribution in [0.15, 0.2) is 76.4 Å². The maximum Gasteiger partial charge on any atom is 0.344 e. The first-order chi connectivity index (χ1) is 25.6. The summed E-state index contributed by atoms with van der Waals surface area (Å²) in [7, 11) is 1.44. The van der Waals surface area contributed by atoms with E-state index in [9.17, 15) is 38.4 Å². The molecule has 1 aliphatic heterocycles. The minimum atomic E-state index is -1.67. The fourth-order valence-corrected chi connectivity index (χ4v) is 5.28. The summed E-state index contributed by atoms with van der Waals surface area (Å²) in [6, 6.07) is 12.4. The van der Waals surface area contributed by atoms with E-state index in [2.05, 4.69) is 4.98 Å². The summed E-state index contributed by atoms with van der Waals surface area (Å²) in [6.45, 7) is 3.52. The van der Waals surface area contributed by atoms with Gasteiger partial charge in [0, 0.05) is 25.5 Å². The van der Waals surface area contributed by atoms with Crippen LogP contribution in [0.5, 0.6) is 17.5 Å². The lowest BCUT2D eigenvalue weighted by molar-refractivity contribution is -0.165. The fourth-order valence-electron chi connectivity index (χ4n) is 5.28. The molecule has 0 spiro atoms. The number of nitrogens with two attached hydrogens (primary N) is 1. The van der Waals surface area contributed by atoms with Gasteiger partial charge in [0.25, 0.3) is 17.4 Å².